The summed E-state index contributed by atoms with van der Waals surface area (Å²) < 4.78 is 27.2. The minimum atomic E-state index is -3.51. The lowest BCUT2D eigenvalue weighted by atomic mass is 10.1. The van der Waals surface area contributed by atoms with Crippen LogP contribution in [0.3, 0.4) is 0 Å². The summed E-state index contributed by atoms with van der Waals surface area (Å²) in [5.41, 5.74) is 1.71. The fourth-order valence-corrected chi connectivity index (χ4v) is 5.58. The predicted octanol–water partition coefficient (Wildman–Crippen LogP) is 3.43. The summed E-state index contributed by atoms with van der Waals surface area (Å²) in [4.78, 5) is 0.254. The van der Waals surface area contributed by atoms with Crippen molar-refractivity contribution in [3.63, 3.8) is 0 Å². The zero-order chi connectivity index (χ0) is 17.0. The summed E-state index contributed by atoms with van der Waals surface area (Å²) in [6, 6.07) is 18.4. The third kappa shape index (κ3) is 3.64. The van der Waals surface area contributed by atoms with Gasteiger partial charge in [-0.2, -0.15) is 21.3 Å². The predicted molar refractivity (Wildman–Crippen MR) is 96.2 cm³/mol. The highest BCUT2D eigenvalue weighted by Gasteiger charge is 2.28. The van der Waals surface area contributed by atoms with Gasteiger partial charge in [0.15, 0.2) is 0 Å². The van der Waals surface area contributed by atoms with Crippen LogP contribution in [-0.4, -0.2) is 31.6 Å². The molecule has 2 aromatic rings. The van der Waals surface area contributed by atoms with Crippen molar-refractivity contribution in [2.45, 2.75) is 16.6 Å². The van der Waals surface area contributed by atoms with E-state index in [2.05, 4.69) is 12.1 Å². The van der Waals surface area contributed by atoms with E-state index in [0.717, 1.165) is 12.2 Å². The van der Waals surface area contributed by atoms with Gasteiger partial charge in [0.05, 0.1) is 16.5 Å². The van der Waals surface area contributed by atoms with E-state index in [4.69, 9.17) is 5.26 Å². The smallest absolute Gasteiger partial charge is 0.207 e. The highest BCUT2D eigenvalue weighted by atomic mass is 32.2. The molecule has 0 aliphatic carbocycles. The second-order valence-corrected chi connectivity index (χ2v) is 8.85. The monoisotopic (exact) mass is 358 g/mol. The lowest BCUT2D eigenvalue weighted by Gasteiger charge is -2.20. The third-order valence-electron chi connectivity index (χ3n) is 4.09. The molecule has 2 aromatic carbocycles. The van der Waals surface area contributed by atoms with E-state index >= 15 is 0 Å². The molecule has 0 aromatic heterocycles. The Morgan fingerprint density at radius 2 is 1.75 bits per heavy atom. The summed E-state index contributed by atoms with van der Waals surface area (Å²) in [5.74, 6) is 0.773. The Hall–Kier alpha value is -1.81. The average molecular weight is 358 g/mol. The molecular weight excluding hydrogens is 340 g/mol. The topological polar surface area (TPSA) is 61.2 Å². The first-order chi connectivity index (χ1) is 11.6. The molecule has 24 heavy (non-hydrogen) atoms. The van der Waals surface area contributed by atoms with Crippen molar-refractivity contribution in [3.05, 3.63) is 65.7 Å². The molecule has 4 nitrogen and oxygen atoms in total. The number of hydrogen-bond acceptors (Lipinski definition) is 4. The van der Waals surface area contributed by atoms with Crippen LogP contribution in [0.1, 0.15) is 22.8 Å². The average Bonchev–Trinajstić information content (AvgIpc) is 2.89. The standard InChI is InChI=1S/C18H18N2O2S2/c19-14-15-6-8-17(9-7-15)24(21,22)20-11-10-18(23-13-12-20)16-4-2-1-3-5-16/h1-9,18H,10-13H2. The van der Waals surface area contributed by atoms with Gasteiger partial charge in [-0.05, 0) is 36.2 Å². The molecule has 3 rings (SSSR count). The molecule has 0 spiro atoms. The number of sulfonamides is 1. The van der Waals surface area contributed by atoms with Gasteiger partial charge < -0.3 is 0 Å². The Bertz CT molecular complexity index is 828. The molecule has 1 saturated heterocycles. The van der Waals surface area contributed by atoms with Gasteiger partial charge in [-0.25, -0.2) is 8.42 Å². The summed E-state index contributed by atoms with van der Waals surface area (Å²) in [6.07, 6.45) is 0.796. The van der Waals surface area contributed by atoms with Crippen LogP contribution in [0.5, 0.6) is 0 Å². The first-order valence-corrected chi connectivity index (χ1v) is 10.3. The maximum absolute atomic E-state index is 12.8. The zero-order valence-electron chi connectivity index (χ0n) is 13.1. The SMILES string of the molecule is N#Cc1ccc(S(=O)(=O)N2CCSC(c3ccccc3)CC2)cc1. The number of nitriles is 1. The second kappa shape index (κ2) is 7.39. The van der Waals surface area contributed by atoms with Crippen molar-refractivity contribution < 1.29 is 8.42 Å². The van der Waals surface area contributed by atoms with Crippen molar-refractivity contribution in [2.24, 2.45) is 0 Å². The van der Waals surface area contributed by atoms with Gasteiger partial charge in [0.1, 0.15) is 0 Å². The van der Waals surface area contributed by atoms with Gasteiger partial charge >= 0.3 is 0 Å². The van der Waals surface area contributed by atoms with Crippen molar-refractivity contribution >= 4 is 21.8 Å². The lowest BCUT2D eigenvalue weighted by Crippen LogP contribution is -2.33. The van der Waals surface area contributed by atoms with E-state index < -0.39 is 10.0 Å². The van der Waals surface area contributed by atoms with Crippen LogP contribution >= 0.6 is 11.8 Å². The number of nitrogens with zero attached hydrogens (tertiary/aromatic N) is 2. The van der Waals surface area contributed by atoms with Crippen LogP contribution in [0, 0.1) is 11.3 Å². The van der Waals surface area contributed by atoms with Gasteiger partial charge in [0.25, 0.3) is 0 Å². The highest BCUT2D eigenvalue weighted by Crippen LogP contribution is 2.35. The number of benzene rings is 2. The van der Waals surface area contributed by atoms with Crippen LogP contribution in [0.15, 0.2) is 59.5 Å². The van der Waals surface area contributed by atoms with Gasteiger partial charge in [0.2, 0.25) is 10.0 Å². The molecular formula is C18H18N2O2S2. The van der Waals surface area contributed by atoms with Crippen LogP contribution in [0.4, 0.5) is 0 Å². The first kappa shape index (κ1) is 17.0. The lowest BCUT2D eigenvalue weighted by molar-refractivity contribution is 0.428. The fraction of sp³-hybridized carbons (Fsp3) is 0.278. The summed E-state index contributed by atoms with van der Waals surface area (Å²) in [5, 5.41) is 9.17. The van der Waals surface area contributed by atoms with E-state index in [1.807, 2.05) is 36.0 Å². The summed E-state index contributed by atoms with van der Waals surface area (Å²) in [6.45, 7) is 1.02. The zero-order valence-corrected chi connectivity index (χ0v) is 14.8. The molecule has 0 amide bonds. The number of hydrogen-bond donors (Lipinski definition) is 0. The van der Waals surface area contributed by atoms with Gasteiger partial charge in [-0.3, -0.25) is 0 Å². The molecule has 0 N–H and O–H groups in total. The Balaban J connectivity index is 1.76. The van der Waals surface area contributed by atoms with E-state index in [0.29, 0.717) is 23.9 Å². The number of rotatable bonds is 3. The molecule has 0 radical (unpaired) electrons. The van der Waals surface area contributed by atoms with E-state index in [9.17, 15) is 8.42 Å². The largest absolute Gasteiger partial charge is 0.243 e. The number of thioether (sulfide) groups is 1. The summed E-state index contributed by atoms with van der Waals surface area (Å²) >= 11 is 1.81. The van der Waals surface area contributed by atoms with Crippen LogP contribution in [-0.2, 0) is 10.0 Å². The molecule has 1 aliphatic rings. The summed E-state index contributed by atoms with van der Waals surface area (Å²) in [7, 11) is -3.51. The fourth-order valence-electron chi connectivity index (χ4n) is 2.77. The normalized spacial score (nSPS) is 19.4. The van der Waals surface area contributed by atoms with E-state index in [1.54, 1.807) is 16.4 Å². The molecule has 6 heteroatoms. The molecule has 1 atom stereocenters. The minimum absolute atomic E-state index is 0.254. The van der Waals surface area contributed by atoms with Crippen LogP contribution in [0.2, 0.25) is 0 Å². The van der Waals surface area contributed by atoms with Gasteiger partial charge in [0, 0.05) is 24.1 Å². The molecule has 0 bridgehead atoms. The van der Waals surface area contributed by atoms with Crippen molar-refractivity contribution in [1.29, 1.82) is 5.26 Å². The molecule has 124 valence electrons. The quantitative estimate of drug-likeness (QED) is 0.843. The second-order valence-electron chi connectivity index (χ2n) is 5.60. The molecule has 1 aliphatic heterocycles. The highest BCUT2D eigenvalue weighted by molar-refractivity contribution is 7.99. The van der Waals surface area contributed by atoms with Crippen LogP contribution < -0.4 is 0 Å². The van der Waals surface area contributed by atoms with E-state index in [-0.39, 0.29) is 4.90 Å². The van der Waals surface area contributed by atoms with Crippen molar-refractivity contribution in [1.82, 2.24) is 4.31 Å². The maximum atomic E-state index is 12.8. The molecule has 1 heterocycles. The van der Waals surface area contributed by atoms with Crippen molar-refractivity contribution in [2.75, 3.05) is 18.8 Å². The Labute approximate surface area is 147 Å². The molecule has 1 fully saturated rings. The van der Waals surface area contributed by atoms with Crippen molar-refractivity contribution in [3.8, 4) is 6.07 Å². The Kier molecular flexibility index (Phi) is 5.24. The Morgan fingerprint density at radius 3 is 2.42 bits per heavy atom. The first-order valence-electron chi connectivity index (χ1n) is 7.78. The third-order valence-corrected chi connectivity index (χ3v) is 7.33. The van der Waals surface area contributed by atoms with Gasteiger partial charge in [-0.15, -0.1) is 0 Å². The maximum Gasteiger partial charge on any atom is 0.243 e. The van der Waals surface area contributed by atoms with E-state index in [1.165, 1.54) is 17.7 Å². The van der Waals surface area contributed by atoms with Crippen LogP contribution in [0.25, 0.3) is 0 Å². The van der Waals surface area contributed by atoms with Gasteiger partial charge in [-0.1, -0.05) is 30.3 Å². The minimum Gasteiger partial charge on any atom is -0.207 e. The Morgan fingerprint density at radius 1 is 1.04 bits per heavy atom. The molecule has 1 unspecified atom stereocenters. The molecule has 0 saturated carbocycles.